The molecule has 1 atom stereocenters. The third kappa shape index (κ3) is 4.00. The number of benzene rings is 2. The van der Waals surface area contributed by atoms with E-state index in [2.05, 4.69) is 4.98 Å². The largest absolute Gasteiger partial charge is 0.507 e. The summed E-state index contributed by atoms with van der Waals surface area (Å²) in [5, 5.41) is 11.6. The molecule has 35 heavy (non-hydrogen) atoms. The van der Waals surface area contributed by atoms with Crippen LogP contribution < -0.4 is 14.4 Å². The number of carbonyl (C=O) groups is 2. The lowest BCUT2D eigenvalue weighted by molar-refractivity contribution is -0.132. The predicted octanol–water partition coefficient (Wildman–Crippen LogP) is 5.65. The van der Waals surface area contributed by atoms with Crippen LogP contribution in [0.25, 0.3) is 5.76 Å². The molecule has 0 bridgehead atoms. The number of ketones is 1. The second-order valence-corrected chi connectivity index (χ2v) is 8.75. The summed E-state index contributed by atoms with van der Waals surface area (Å²) in [7, 11) is 2.75. The van der Waals surface area contributed by atoms with Gasteiger partial charge in [0.25, 0.3) is 11.7 Å². The first-order valence-electron chi connectivity index (χ1n) is 10.6. The number of rotatable bonds is 5. The van der Waals surface area contributed by atoms with Crippen LogP contribution in [0.2, 0.25) is 10.0 Å². The second kappa shape index (κ2) is 9.60. The molecule has 1 N–H and O–H groups in total. The number of amides is 1. The van der Waals surface area contributed by atoms with E-state index in [1.165, 1.54) is 25.2 Å². The Kier molecular flexibility index (Phi) is 6.74. The van der Waals surface area contributed by atoms with Gasteiger partial charge in [0.15, 0.2) is 11.5 Å². The van der Waals surface area contributed by atoms with Gasteiger partial charge >= 0.3 is 0 Å². The van der Waals surface area contributed by atoms with Crippen LogP contribution in [-0.2, 0) is 9.59 Å². The molecule has 1 aliphatic heterocycles. The zero-order chi connectivity index (χ0) is 25.4. The van der Waals surface area contributed by atoms with E-state index in [0.29, 0.717) is 11.3 Å². The van der Waals surface area contributed by atoms with Gasteiger partial charge in [-0.05, 0) is 48.7 Å². The molecule has 0 saturated carbocycles. The quantitative estimate of drug-likeness (QED) is 0.270. The molecule has 0 spiro atoms. The first-order valence-corrected chi connectivity index (χ1v) is 11.4. The normalized spacial score (nSPS) is 17.1. The zero-order valence-electron chi connectivity index (χ0n) is 19.4. The molecule has 1 aromatic heterocycles. The number of nitrogens with zero attached hydrogens (tertiary/aromatic N) is 2. The fraction of sp³-hybridized carbons (Fsp3) is 0.192. The fourth-order valence-electron chi connectivity index (χ4n) is 4.22. The molecule has 1 amide bonds. The van der Waals surface area contributed by atoms with E-state index in [9.17, 15) is 14.7 Å². The summed E-state index contributed by atoms with van der Waals surface area (Å²) >= 11 is 12.7. The minimum absolute atomic E-state index is 0.0192. The first kappa shape index (κ1) is 24.6. The number of hydrogen-bond acceptors (Lipinski definition) is 6. The van der Waals surface area contributed by atoms with Crippen molar-refractivity contribution in [3.05, 3.63) is 86.7 Å². The average Bonchev–Trinajstić information content (AvgIpc) is 3.11. The smallest absolute Gasteiger partial charge is 0.300 e. The summed E-state index contributed by atoms with van der Waals surface area (Å²) in [6.45, 7) is 3.79. The van der Waals surface area contributed by atoms with Crippen LogP contribution >= 0.6 is 23.2 Å². The summed E-state index contributed by atoms with van der Waals surface area (Å²) in [6.07, 6.45) is 3.13. The van der Waals surface area contributed by atoms with Crippen molar-refractivity contribution < 1.29 is 24.2 Å². The van der Waals surface area contributed by atoms with Crippen molar-refractivity contribution in [1.82, 2.24) is 4.98 Å². The topological polar surface area (TPSA) is 89.0 Å². The molecule has 1 aliphatic rings. The van der Waals surface area contributed by atoms with Gasteiger partial charge in [0, 0.05) is 18.1 Å². The van der Waals surface area contributed by atoms with Crippen LogP contribution in [0.15, 0.2) is 54.4 Å². The van der Waals surface area contributed by atoms with Gasteiger partial charge in [0.05, 0.1) is 36.4 Å². The Labute approximate surface area is 212 Å². The number of anilines is 1. The van der Waals surface area contributed by atoms with Crippen molar-refractivity contribution >= 4 is 46.3 Å². The Morgan fingerprint density at radius 1 is 1.06 bits per heavy atom. The van der Waals surface area contributed by atoms with Gasteiger partial charge in [0.1, 0.15) is 10.8 Å². The molecule has 0 aliphatic carbocycles. The molecule has 1 saturated heterocycles. The van der Waals surface area contributed by atoms with E-state index in [0.717, 1.165) is 11.1 Å². The van der Waals surface area contributed by atoms with Crippen LogP contribution in [0.5, 0.6) is 11.5 Å². The Morgan fingerprint density at radius 2 is 1.77 bits per heavy atom. The van der Waals surface area contributed by atoms with Crippen LogP contribution in [0.4, 0.5) is 5.69 Å². The van der Waals surface area contributed by atoms with Gasteiger partial charge in [-0.25, -0.2) is 0 Å². The first-order chi connectivity index (χ1) is 16.7. The highest BCUT2D eigenvalue weighted by Gasteiger charge is 2.48. The SMILES string of the molecule is COc1c(Cl)cc(/C(O)=C2\C(=O)C(=O)N(c3cccc(C)c3C)C2c2cccnc2)c(OC)c1Cl. The van der Waals surface area contributed by atoms with Gasteiger partial charge in [-0.3, -0.25) is 19.5 Å². The van der Waals surface area contributed by atoms with Crippen molar-refractivity contribution in [1.29, 1.82) is 0 Å². The maximum atomic E-state index is 13.4. The summed E-state index contributed by atoms with van der Waals surface area (Å²) in [4.78, 5) is 32.4. The number of Topliss-reactive ketones (excluding diaryl/α,β-unsaturated/α-hetero) is 1. The van der Waals surface area contributed by atoms with Gasteiger partial charge in [-0.1, -0.05) is 41.4 Å². The van der Waals surface area contributed by atoms with Crippen molar-refractivity contribution in [3.8, 4) is 11.5 Å². The van der Waals surface area contributed by atoms with Crippen molar-refractivity contribution in [2.45, 2.75) is 19.9 Å². The molecule has 2 aromatic carbocycles. The van der Waals surface area contributed by atoms with E-state index in [1.54, 1.807) is 30.6 Å². The highest BCUT2D eigenvalue weighted by molar-refractivity contribution is 6.52. The number of aryl methyl sites for hydroxylation is 1. The summed E-state index contributed by atoms with van der Waals surface area (Å²) in [5.74, 6) is -1.91. The molecule has 3 aromatic rings. The third-order valence-corrected chi connectivity index (χ3v) is 6.70. The highest BCUT2D eigenvalue weighted by Crippen LogP contribution is 2.48. The van der Waals surface area contributed by atoms with E-state index < -0.39 is 23.5 Å². The molecule has 1 unspecified atom stereocenters. The standard InChI is InChI=1S/C26H22Cl2N2O5/c1-13-7-5-9-18(14(13)2)30-21(15-8-6-10-29-12-15)19(23(32)26(30)33)22(31)16-11-17(27)25(35-4)20(28)24(16)34-3/h5-12,21,31H,1-4H3/b22-19+. The highest BCUT2D eigenvalue weighted by atomic mass is 35.5. The number of aliphatic hydroxyl groups excluding tert-OH is 1. The molecular weight excluding hydrogens is 491 g/mol. The lowest BCUT2D eigenvalue weighted by Gasteiger charge is -2.27. The van der Waals surface area contributed by atoms with E-state index in [4.69, 9.17) is 32.7 Å². The number of halogens is 2. The average molecular weight is 513 g/mol. The molecule has 1 fully saturated rings. The third-order valence-electron chi connectivity index (χ3n) is 6.07. The molecule has 7 nitrogen and oxygen atoms in total. The van der Waals surface area contributed by atoms with Gasteiger partial charge in [0.2, 0.25) is 0 Å². The Balaban J connectivity index is 2.04. The van der Waals surface area contributed by atoms with E-state index in [1.807, 2.05) is 26.0 Å². The number of pyridine rings is 1. The summed E-state index contributed by atoms with van der Waals surface area (Å²) in [6, 6.07) is 9.35. The molecule has 180 valence electrons. The number of aliphatic hydroxyl groups is 1. The van der Waals surface area contributed by atoms with Crippen molar-refractivity contribution in [2.24, 2.45) is 0 Å². The Bertz CT molecular complexity index is 1370. The Hall–Kier alpha value is -3.55. The van der Waals surface area contributed by atoms with E-state index in [-0.39, 0.29) is 32.7 Å². The zero-order valence-corrected chi connectivity index (χ0v) is 20.9. The van der Waals surface area contributed by atoms with Gasteiger partial charge in [-0.15, -0.1) is 0 Å². The molecule has 9 heteroatoms. The number of hydrogen-bond donors (Lipinski definition) is 1. The summed E-state index contributed by atoms with van der Waals surface area (Å²) in [5.41, 5.74) is 2.79. The van der Waals surface area contributed by atoms with Crippen LogP contribution in [0.1, 0.15) is 28.3 Å². The maximum Gasteiger partial charge on any atom is 0.300 e. The van der Waals surface area contributed by atoms with Crippen LogP contribution in [0.3, 0.4) is 0 Å². The monoisotopic (exact) mass is 512 g/mol. The molecule has 0 radical (unpaired) electrons. The molecular formula is C26H22Cl2N2O5. The molecule has 2 heterocycles. The van der Waals surface area contributed by atoms with Crippen molar-refractivity contribution in [3.63, 3.8) is 0 Å². The lowest BCUT2D eigenvalue weighted by Crippen LogP contribution is -2.30. The van der Waals surface area contributed by atoms with Crippen molar-refractivity contribution in [2.75, 3.05) is 19.1 Å². The van der Waals surface area contributed by atoms with Gasteiger partial charge in [-0.2, -0.15) is 0 Å². The number of ether oxygens (including phenoxy) is 2. The van der Waals surface area contributed by atoms with Crippen LogP contribution in [0, 0.1) is 13.8 Å². The predicted molar refractivity (Wildman–Crippen MR) is 135 cm³/mol. The van der Waals surface area contributed by atoms with Gasteiger partial charge < -0.3 is 14.6 Å². The minimum atomic E-state index is -0.950. The van der Waals surface area contributed by atoms with Crippen LogP contribution in [-0.4, -0.2) is 36.0 Å². The molecule has 4 rings (SSSR count). The lowest BCUT2D eigenvalue weighted by atomic mass is 9.95. The second-order valence-electron chi connectivity index (χ2n) is 7.96. The minimum Gasteiger partial charge on any atom is -0.507 e. The van der Waals surface area contributed by atoms with E-state index >= 15 is 0 Å². The fourth-order valence-corrected chi connectivity index (χ4v) is 4.91. The number of carbonyl (C=O) groups excluding carboxylic acids is 2. The number of methoxy groups -OCH3 is 2. The number of aromatic nitrogens is 1. The Morgan fingerprint density at radius 3 is 2.40 bits per heavy atom. The summed E-state index contributed by atoms with van der Waals surface area (Å²) < 4.78 is 10.6. The maximum absolute atomic E-state index is 13.4.